The summed E-state index contributed by atoms with van der Waals surface area (Å²) in [4.78, 5) is 19.2. The number of thiophene rings is 1. The van der Waals surface area contributed by atoms with Crippen molar-refractivity contribution in [1.82, 2.24) is 19.5 Å². The molecule has 7 heteroatoms. The van der Waals surface area contributed by atoms with Gasteiger partial charge in [0.25, 0.3) is 0 Å². The van der Waals surface area contributed by atoms with Crippen molar-refractivity contribution in [3.8, 4) is 68.2 Å². The fraction of sp³-hybridized carbons (Fsp3) is 0. The van der Waals surface area contributed by atoms with Gasteiger partial charge in [0.1, 0.15) is 0 Å². The number of hydrogen-bond donors (Lipinski definition) is 0. The van der Waals surface area contributed by atoms with Gasteiger partial charge < -0.3 is 4.57 Å². The smallest absolute Gasteiger partial charge is 0.188 e. The number of nitrogens with zero attached hydrogens (tertiary/aromatic N) is 6. The third-order valence-corrected chi connectivity index (χ3v) is 12.4. The van der Waals surface area contributed by atoms with E-state index in [1.165, 1.54) is 20.2 Å². The van der Waals surface area contributed by atoms with Gasteiger partial charge in [-0.3, -0.25) is 0 Å². The fourth-order valence-corrected chi connectivity index (χ4v) is 9.56. The van der Waals surface area contributed by atoms with Crippen LogP contribution in [0.15, 0.2) is 182 Å². The number of nitriles is 1. The second kappa shape index (κ2) is 14.3. The molecule has 0 saturated heterocycles. The Balaban J connectivity index is 1.22. The first-order chi connectivity index (χ1) is 29.6. The van der Waals surface area contributed by atoms with E-state index in [2.05, 4.69) is 119 Å². The minimum absolute atomic E-state index is 0.434. The summed E-state index contributed by atoms with van der Waals surface area (Å²) in [5.74, 6) is 1.71. The Morgan fingerprint density at radius 1 is 0.483 bits per heavy atom. The van der Waals surface area contributed by atoms with Crippen molar-refractivity contribution in [3.05, 3.63) is 199 Å². The van der Waals surface area contributed by atoms with Crippen molar-refractivity contribution >= 4 is 59.0 Å². The van der Waals surface area contributed by atoms with Crippen LogP contribution < -0.4 is 0 Å². The molecular weight excluding hydrogens is 753 g/mol. The zero-order valence-electron chi connectivity index (χ0n) is 31.9. The Hall–Kier alpha value is -8.23. The molecule has 3 heterocycles. The monoisotopic (exact) mass is 782 g/mol. The van der Waals surface area contributed by atoms with E-state index in [9.17, 15) is 5.26 Å². The van der Waals surface area contributed by atoms with Gasteiger partial charge >= 0.3 is 0 Å². The summed E-state index contributed by atoms with van der Waals surface area (Å²) in [6.07, 6.45) is 0. The lowest BCUT2D eigenvalue weighted by molar-refractivity contribution is 1.06. The van der Waals surface area contributed by atoms with E-state index in [0.717, 1.165) is 66.4 Å². The van der Waals surface area contributed by atoms with Crippen molar-refractivity contribution in [2.45, 2.75) is 0 Å². The average Bonchev–Trinajstić information content (AvgIpc) is 3.87. The third kappa shape index (κ3) is 5.81. The van der Waals surface area contributed by atoms with Crippen LogP contribution in [0, 0.1) is 17.9 Å². The average molecular weight is 783 g/mol. The van der Waals surface area contributed by atoms with Gasteiger partial charge in [-0.2, -0.15) is 5.26 Å². The summed E-state index contributed by atoms with van der Waals surface area (Å²) < 4.78 is 4.77. The molecule has 278 valence electrons. The molecule has 11 rings (SSSR count). The molecule has 11 aromatic rings. The van der Waals surface area contributed by atoms with Gasteiger partial charge in [0.05, 0.1) is 29.4 Å². The fourth-order valence-electron chi connectivity index (χ4n) is 8.32. The largest absolute Gasteiger partial charge is 0.308 e. The molecule has 60 heavy (non-hydrogen) atoms. The Labute approximate surface area is 349 Å². The lowest BCUT2D eigenvalue weighted by atomic mass is 9.98. The number of aromatic nitrogens is 4. The van der Waals surface area contributed by atoms with Gasteiger partial charge in [-0.25, -0.2) is 19.8 Å². The van der Waals surface area contributed by atoms with Crippen LogP contribution in [0.4, 0.5) is 5.69 Å². The highest BCUT2D eigenvalue weighted by atomic mass is 32.1. The molecule has 0 bridgehead atoms. The third-order valence-electron chi connectivity index (χ3n) is 11.1. The molecule has 0 N–H and O–H groups in total. The zero-order valence-corrected chi connectivity index (χ0v) is 32.7. The van der Waals surface area contributed by atoms with Crippen LogP contribution in [0.5, 0.6) is 0 Å². The predicted molar refractivity (Wildman–Crippen MR) is 245 cm³/mol. The standard InChI is InChI=1S/C53H30N6S/c1-55-38-25-27-39(37(29-38)32-54)36-23-26-42-41-17-8-10-21-46(41)59(48(42)31-36)47-28-24-35(40-19-12-20-44-43-18-9-11-22-49(43)60-50(40)44)30-45(47)53-57-51(33-13-4-2-5-14-33)56-52(58-53)34-15-6-3-7-16-34/h2-31H. The normalized spacial score (nSPS) is 11.3. The highest BCUT2D eigenvalue weighted by Gasteiger charge is 2.22. The van der Waals surface area contributed by atoms with E-state index in [1.54, 1.807) is 12.1 Å². The van der Waals surface area contributed by atoms with E-state index >= 15 is 0 Å². The second-order valence-electron chi connectivity index (χ2n) is 14.6. The van der Waals surface area contributed by atoms with Crippen LogP contribution in [0.25, 0.3) is 109 Å². The van der Waals surface area contributed by atoms with E-state index in [-0.39, 0.29) is 0 Å². The molecule has 3 aromatic heterocycles. The summed E-state index contributed by atoms with van der Waals surface area (Å²) >= 11 is 1.81. The quantitative estimate of drug-likeness (QED) is 0.158. The van der Waals surface area contributed by atoms with Gasteiger partial charge in [-0.05, 0) is 58.7 Å². The number of fused-ring (bicyclic) bond motifs is 6. The molecule has 0 aliphatic heterocycles. The van der Waals surface area contributed by atoms with Gasteiger partial charge in [0.15, 0.2) is 23.2 Å². The van der Waals surface area contributed by atoms with Crippen LogP contribution in [-0.4, -0.2) is 19.5 Å². The number of para-hydroxylation sites is 1. The van der Waals surface area contributed by atoms with E-state index in [0.29, 0.717) is 28.7 Å². The van der Waals surface area contributed by atoms with Crippen molar-refractivity contribution in [1.29, 1.82) is 5.26 Å². The summed E-state index contributed by atoms with van der Waals surface area (Å²) in [6.45, 7) is 7.53. The maximum Gasteiger partial charge on any atom is 0.188 e. The van der Waals surface area contributed by atoms with E-state index in [1.807, 2.05) is 78.1 Å². The van der Waals surface area contributed by atoms with E-state index in [4.69, 9.17) is 21.5 Å². The lowest BCUT2D eigenvalue weighted by Gasteiger charge is -2.17. The SMILES string of the molecule is [C-]#[N+]c1ccc(-c2ccc3c4ccccc4n(-c4ccc(-c5cccc6c5sc5ccccc56)cc4-c4nc(-c5ccccc5)nc(-c5ccccc5)n4)c3c2)c(C#N)c1. The second-order valence-corrected chi connectivity index (χ2v) is 15.6. The van der Waals surface area contributed by atoms with Gasteiger partial charge in [0, 0.05) is 53.2 Å². The van der Waals surface area contributed by atoms with Crippen molar-refractivity contribution in [3.63, 3.8) is 0 Å². The highest BCUT2D eigenvalue weighted by Crippen LogP contribution is 2.43. The molecule has 0 atom stereocenters. The zero-order chi connectivity index (χ0) is 40.2. The molecule has 0 saturated carbocycles. The molecule has 0 fully saturated rings. The van der Waals surface area contributed by atoms with Crippen LogP contribution >= 0.6 is 11.3 Å². The maximum atomic E-state index is 10.2. The molecule has 0 spiro atoms. The number of hydrogen-bond acceptors (Lipinski definition) is 5. The first-order valence-electron chi connectivity index (χ1n) is 19.5. The molecule has 6 nitrogen and oxygen atoms in total. The van der Waals surface area contributed by atoms with Crippen LogP contribution in [0.2, 0.25) is 0 Å². The molecule has 0 aliphatic carbocycles. The topological polar surface area (TPSA) is 71.8 Å². The first kappa shape index (κ1) is 35.0. The summed E-state index contributed by atoms with van der Waals surface area (Å²) in [7, 11) is 0. The Bertz CT molecular complexity index is 3520. The summed E-state index contributed by atoms with van der Waals surface area (Å²) in [5, 5.41) is 14.8. The lowest BCUT2D eigenvalue weighted by Crippen LogP contribution is -2.04. The molecule has 8 aromatic carbocycles. The number of rotatable bonds is 6. The van der Waals surface area contributed by atoms with Crippen molar-refractivity contribution in [2.75, 3.05) is 0 Å². The Morgan fingerprint density at radius 3 is 1.87 bits per heavy atom. The van der Waals surface area contributed by atoms with Crippen LogP contribution in [0.3, 0.4) is 0 Å². The van der Waals surface area contributed by atoms with Crippen molar-refractivity contribution < 1.29 is 0 Å². The van der Waals surface area contributed by atoms with E-state index < -0.39 is 0 Å². The van der Waals surface area contributed by atoms with Gasteiger partial charge in [0.2, 0.25) is 0 Å². The maximum absolute atomic E-state index is 10.2. The minimum atomic E-state index is 0.434. The molecule has 0 aliphatic rings. The predicted octanol–water partition coefficient (Wildman–Crippen LogP) is 14.1. The van der Waals surface area contributed by atoms with Crippen LogP contribution in [-0.2, 0) is 0 Å². The highest BCUT2D eigenvalue weighted by molar-refractivity contribution is 7.26. The minimum Gasteiger partial charge on any atom is -0.308 e. The van der Waals surface area contributed by atoms with Gasteiger partial charge in [-0.1, -0.05) is 146 Å². The molecule has 0 unspecified atom stereocenters. The van der Waals surface area contributed by atoms with Gasteiger partial charge in [-0.15, -0.1) is 11.3 Å². The van der Waals surface area contributed by atoms with Crippen LogP contribution in [0.1, 0.15) is 5.56 Å². The molecule has 0 radical (unpaired) electrons. The van der Waals surface area contributed by atoms with Crippen molar-refractivity contribution in [2.24, 2.45) is 0 Å². The first-order valence-corrected chi connectivity index (χ1v) is 20.3. The molecule has 0 amide bonds. The molecular formula is C53H30N6S. The Morgan fingerprint density at radius 2 is 1.12 bits per heavy atom. The Kier molecular flexibility index (Phi) is 8.34. The summed E-state index contributed by atoms with van der Waals surface area (Å²) in [5.41, 5.74) is 10.3. The number of benzene rings is 8. The summed E-state index contributed by atoms with van der Waals surface area (Å²) in [6, 6.07) is 64.3.